The number of phenolic OH excluding ortho intramolecular Hbond substituents is 1. The fourth-order valence-corrected chi connectivity index (χ4v) is 1.19. The molecule has 5 heteroatoms. The zero-order chi connectivity index (χ0) is 12.3. The maximum atomic E-state index is 10.8. The molecule has 0 aliphatic carbocycles. The quantitative estimate of drug-likeness (QED) is 0.677. The molecule has 0 heterocycles. The Morgan fingerprint density at radius 2 is 2.12 bits per heavy atom. The van der Waals surface area contributed by atoms with E-state index in [1.165, 1.54) is 13.0 Å². The van der Waals surface area contributed by atoms with Crippen molar-refractivity contribution < 1.29 is 24.9 Å². The van der Waals surface area contributed by atoms with Gasteiger partial charge in [-0.25, -0.2) is 4.79 Å². The number of aromatic carboxylic acids is 1. The summed E-state index contributed by atoms with van der Waals surface area (Å²) in [5, 5.41) is 27.9. The Hall–Kier alpha value is -2.17. The van der Waals surface area contributed by atoms with Crippen LogP contribution in [0.15, 0.2) is 18.7 Å². The number of carbonyl (C=O) groups is 1. The number of phenols is 2. The molecule has 86 valence electrons. The molecule has 0 radical (unpaired) electrons. The maximum Gasteiger partial charge on any atom is 0.339 e. The molecule has 0 amide bonds. The predicted octanol–water partition coefficient (Wildman–Crippen LogP) is 1.67. The van der Waals surface area contributed by atoms with Gasteiger partial charge in [0, 0.05) is 11.6 Å². The molecule has 16 heavy (non-hydrogen) atoms. The number of ether oxygens (including phenoxy) is 1. The molecule has 0 saturated heterocycles. The van der Waals surface area contributed by atoms with E-state index in [9.17, 15) is 15.0 Å². The summed E-state index contributed by atoms with van der Waals surface area (Å²) >= 11 is 0. The van der Waals surface area contributed by atoms with Crippen LogP contribution in [0.5, 0.6) is 17.2 Å². The topological polar surface area (TPSA) is 87.0 Å². The third-order valence-electron chi connectivity index (χ3n) is 2.06. The first-order valence-electron chi connectivity index (χ1n) is 4.51. The van der Waals surface area contributed by atoms with Gasteiger partial charge in [0.1, 0.15) is 17.9 Å². The summed E-state index contributed by atoms with van der Waals surface area (Å²) in [6.45, 7) is 4.97. The zero-order valence-electron chi connectivity index (χ0n) is 8.73. The van der Waals surface area contributed by atoms with Gasteiger partial charge < -0.3 is 20.1 Å². The molecule has 0 aromatic heterocycles. The van der Waals surface area contributed by atoms with Crippen LogP contribution in [0.4, 0.5) is 0 Å². The van der Waals surface area contributed by atoms with Gasteiger partial charge in [0.05, 0.1) is 0 Å². The molecule has 0 aliphatic rings. The van der Waals surface area contributed by atoms with Crippen molar-refractivity contribution in [1.82, 2.24) is 0 Å². The molecular formula is C11H12O5. The predicted molar refractivity (Wildman–Crippen MR) is 57.2 cm³/mol. The van der Waals surface area contributed by atoms with Crippen LogP contribution >= 0.6 is 0 Å². The lowest BCUT2D eigenvalue weighted by Crippen LogP contribution is -2.01. The lowest BCUT2D eigenvalue weighted by Gasteiger charge is -2.11. The second-order valence-corrected chi connectivity index (χ2v) is 3.15. The Kier molecular flexibility index (Phi) is 3.40. The lowest BCUT2D eigenvalue weighted by molar-refractivity contribution is 0.0693. The number of aromatic hydroxyl groups is 2. The molecule has 1 aromatic rings. The van der Waals surface area contributed by atoms with Crippen LogP contribution in [0.25, 0.3) is 0 Å². The second kappa shape index (κ2) is 4.57. The zero-order valence-corrected chi connectivity index (χ0v) is 8.73. The van der Waals surface area contributed by atoms with Gasteiger partial charge in [-0.05, 0) is 6.92 Å². The monoisotopic (exact) mass is 224 g/mol. The molecule has 3 N–H and O–H groups in total. The molecule has 0 atom stereocenters. The van der Waals surface area contributed by atoms with Crippen molar-refractivity contribution in [2.45, 2.75) is 6.92 Å². The molecule has 0 aliphatic heterocycles. The van der Waals surface area contributed by atoms with E-state index < -0.39 is 11.7 Å². The number of carboxylic acid groups (broad SMARTS) is 1. The van der Waals surface area contributed by atoms with Crippen molar-refractivity contribution in [3.8, 4) is 17.2 Å². The van der Waals surface area contributed by atoms with Gasteiger partial charge >= 0.3 is 5.97 Å². The average molecular weight is 224 g/mol. The number of benzene rings is 1. The fraction of sp³-hybridized carbons (Fsp3) is 0.182. The molecule has 1 rings (SSSR count). The summed E-state index contributed by atoms with van der Waals surface area (Å²) in [7, 11) is 0. The number of hydrogen-bond donors (Lipinski definition) is 3. The van der Waals surface area contributed by atoms with Crippen molar-refractivity contribution in [2.24, 2.45) is 0 Å². The minimum Gasteiger partial charge on any atom is -0.507 e. The summed E-state index contributed by atoms with van der Waals surface area (Å²) < 4.78 is 5.07. The first-order chi connectivity index (χ1) is 7.49. The van der Waals surface area contributed by atoms with Crippen molar-refractivity contribution in [3.05, 3.63) is 29.8 Å². The Bertz CT molecular complexity index is 436. The molecule has 0 unspecified atom stereocenters. The number of carboxylic acids is 1. The highest BCUT2D eigenvalue weighted by Crippen LogP contribution is 2.38. The molecule has 0 saturated carbocycles. The number of rotatable bonds is 4. The van der Waals surface area contributed by atoms with Gasteiger partial charge in [-0.1, -0.05) is 12.7 Å². The van der Waals surface area contributed by atoms with Gasteiger partial charge in [0.25, 0.3) is 0 Å². The fourth-order valence-electron chi connectivity index (χ4n) is 1.19. The van der Waals surface area contributed by atoms with Crippen molar-refractivity contribution in [2.75, 3.05) is 6.61 Å². The van der Waals surface area contributed by atoms with E-state index in [1.807, 2.05) is 0 Å². The minimum atomic E-state index is -1.29. The van der Waals surface area contributed by atoms with Crippen LogP contribution in [0.2, 0.25) is 0 Å². The molecule has 1 aromatic carbocycles. The third-order valence-corrected chi connectivity index (χ3v) is 2.06. The van der Waals surface area contributed by atoms with E-state index >= 15 is 0 Å². The van der Waals surface area contributed by atoms with Crippen LogP contribution in [0, 0.1) is 6.92 Å². The van der Waals surface area contributed by atoms with Gasteiger partial charge in [-0.2, -0.15) is 0 Å². The standard InChI is InChI=1S/C11H12O5/c1-3-4-16-8-5-7(11(14)15)9(12)6(2)10(8)13/h3,5,12-13H,1,4H2,2H3,(H,14,15). The Balaban J connectivity index is 3.29. The van der Waals surface area contributed by atoms with Crippen molar-refractivity contribution in [1.29, 1.82) is 0 Å². The highest BCUT2D eigenvalue weighted by atomic mass is 16.5. The first-order valence-corrected chi connectivity index (χ1v) is 4.51. The average Bonchev–Trinajstić information content (AvgIpc) is 2.24. The molecule has 0 fully saturated rings. The first kappa shape index (κ1) is 11.9. The Labute approximate surface area is 92.2 Å². The van der Waals surface area contributed by atoms with Gasteiger partial charge in [0.15, 0.2) is 11.5 Å². The normalized spacial score (nSPS) is 9.81. The highest BCUT2D eigenvalue weighted by molar-refractivity contribution is 5.92. The van der Waals surface area contributed by atoms with E-state index in [-0.39, 0.29) is 29.2 Å². The van der Waals surface area contributed by atoms with Gasteiger partial charge in [0.2, 0.25) is 0 Å². The van der Waals surface area contributed by atoms with E-state index in [2.05, 4.69) is 6.58 Å². The van der Waals surface area contributed by atoms with Crippen LogP contribution in [0.3, 0.4) is 0 Å². The lowest BCUT2D eigenvalue weighted by atomic mass is 10.1. The third kappa shape index (κ3) is 2.08. The van der Waals surface area contributed by atoms with Crippen LogP contribution in [0.1, 0.15) is 15.9 Å². The highest BCUT2D eigenvalue weighted by Gasteiger charge is 2.19. The maximum absolute atomic E-state index is 10.8. The van der Waals surface area contributed by atoms with E-state index in [0.717, 1.165) is 6.07 Å². The number of hydrogen-bond acceptors (Lipinski definition) is 4. The molecule has 0 bridgehead atoms. The Morgan fingerprint density at radius 3 is 2.62 bits per heavy atom. The van der Waals surface area contributed by atoms with Gasteiger partial charge in [-0.15, -0.1) is 0 Å². The van der Waals surface area contributed by atoms with Gasteiger partial charge in [-0.3, -0.25) is 0 Å². The summed E-state index contributed by atoms with van der Waals surface area (Å²) in [6.07, 6.45) is 1.46. The molecule has 0 spiro atoms. The summed E-state index contributed by atoms with van der Waals surface area (Å²) in [6, 6.07) is 1.07. The molecular weight excluding hydrogens is 212 g/mol. The van der Waals surface area contributed by atoms with E-state index in [4.69, 9.17) is 9.84 Å². The second-order valence-electron chi connectivity index (χ2n) is 3.15. The van der Waals surface area contributed by atoms with E-state index in [0.29, 0.717) is 0 Å². The Morgan fingerprint density at radius 1 is 1.50 bits per heavy atom. The summed E-state index contributed by atoms with van der Waals surface area (Å²) in [5.41, 5.74) is -0.242. The SMILES string of the molecule is C=CCOc1cc(C(=O)O)c(O)c(C)c1O. The van der Waals surface area contributed by atoms with Crippen LogP contribution < -0.4 is 4.74 Å². The minimum absolute atomic E-state index is 0.00704. The summed E-state index contributed by atoms with van der Waals surface area (Å²) in [4.78, 5) is 10.8. The van der Waals surface area contributed by atoms with Crippen LogP contribution in [-0.4, -0.2) is 27.9 Å². The van der Waals surface area contributed by atoms with Crippen molar-refractivity contribution in [3.63, 3.8) is 0 Å². The van der Waals surface area contributed by atoms with Crippen molar-refractivity contribution >= 4 is 5.97 Å². The smallest absolute Gasteiger partial charge is 0.339 e. The summed E-state index contributed by atoms with van der Waals surface area (Å²) in [5.74, 6) is -2.02. The van der Waals surface area contributed by atoms with Crippen LogP contribution in [-0.2, 0) is 0 Å². The van der Waals surface area contributed by atoms with E-state index in [1.54, 1.807) is 0 Å². The largest absolute Gasteiger partial charge is 0.507 e. The molecule has 5 nitrogen and oxygen atoms in total.